The summed E-state index contributed by atoms with van der Waals surface area (Å²) in [6.07, 6.45) is 0. The third-order valence-electron chi connectivity index (χ3n) is 4.15. The number of para-hydroxylation sites is 2. The molecule has 0 atom stereocenters. The molecule has 170 valence electrons. The van der Waals surface area contributed by atoms with Crippen LogP contribution in [0.15, 0.2) is 66.7 Å². The Labute approximate surface area is 186 Å². The van der Waals surface area contributed by atoms with Crippen LogP contribution in [0.25, 0.3) is 0 Å². The molecule has 0 saturated carbocycles. The predicted molar refractivity (Wildman–Crippen MR) is 112 cm³/mol. The van der Waals surface area contributed by atoms with E-state index in [1.165, 1.54) is 36.4 Å². The maximum absolute atomic E-state index is 13.6. The van der Waals surface area contributed by atoms with Crippen molar-refractivity contribution in [1.82, 2.24) is 0 Å². The molecule has 3 rings (SSSR count). The van der Waals surface area contributed by atoms with Crippen molar-refractivity contribution in [2.24, 2.45) is 0 Å². The van der Waals surface area contributed by atoms with Crippen LogP contribution < -0.4 is 15.4 Å². The summed E-state index contributed by atoms with van der Waals surface area (Å²) >= 11 is 0. The van der Waals surface area contributed by atoms with Crippen molar-refractivity contribution in [3.63, 3.8) is 0 Å². The van der Waals surface area contributed by atoms with Crippen molar-refractivity contribution in [3.05, 3.63) is 89.7 Å². The Morgan fingerprint density at radius 3 is 2.09 bits per heavy atom. The highest BCUT2D eigenvalue weighted by molar-refractivity contribution is 5.97. The van der Waals surface area contributed by atoms with Crippen molar-refractivity contribution >= 4 is 29.2 Å². The van der Waals surface area contributed by atoms with Crippen LogP contribution in [0, 0.1) is 17.5 Å². The van der Waals surface area contributed by atoms with Crippen molar-refractivity contribution in [1.29, 1.82) is 0 Å². The van der Waals surface area contributed by atoms with Crippen molar-refractivity contribution < 1.29 is 37.0 Å². The molecule has 0 heterocycles. The number of benzene rings is 3. The maximum Gasteiger partial charge on any atom is 0.342 e. The Morgan fingerprint density at radius 2 is 1.36 bits per heavy atom. The number of hydrogen-bond acceptors (Lipinski definition) is 5. The first kappa shape index (κ1) is 23.3. The van der Waals surface area contributed by atoms with Gasteiger partial charge in [-0.2, -0.15) is 0 Å². The Hall–Kier alpha value is -4.34. The molecular weight excluding hydrogens is 441 g/mol. The van der Waals surface area contributed by atoms with E-state index in [-0.39, 0.29) is 22.7 Å². The van der Waals surface area contributed by atoms with Gasteiger partial charge in [0.25, 0.3) is 11.8 Å². The van der Waals surface area contributed by atoms with Gasteiger partial charge < -0.3 is 20.1 Å². The average Bonchev–Trinajstić information content (AvgIpc) is 2.79. The van der Waals surface area contributed by atoms with Crippen LogP contribution in [0.5, 0.6) is 5.75 Å². The highest BCUT2D eigenvalue weighted by Gasteiger charge is 2.17. The number of rotatable bonds is 8. The molecule has 0 aromatic heterocycles. The van der Waals surface area contributed by atoms with Crippen LogP contribution in [0.4, 0.5) is 24.5 Å². The number of carbonyl (C=O) groups excluding carboxylic acids is 3. The second kappa shape index (κ2) is 10.8. The number of halogens is 3. The number of hydrogen-bond donors (Lipinski definition) is 2. The Morgan fingerprint density at radius 1 is 0.727 bits per heavy atom. The van der Waals surface area contributed by atoms with Gasteiger partial charge in [0.15, 0.2) is 13.2 Å². The van der Waals surface area contributed by atoms with E-state index in [9.17, 15) is 27.6 Å². The van der Waals surface area contributed by atoms with E-state index in [2.05, 4.69) is 10.6 Å². The predicted octanol–water partition coefficient (Wildman–Crippen LogP) is 3.92. The summed E-state index contributed by atoms with van der Waals surface area (Å²) < 4.78 is 50.4. The SMILES string of the molecule is O=C(COC(=O)c1ccccc1OCC(=O)Nc1ccccc1F)Nc1ccc(F)cc1F. The van der Waals surface area contributed by atoms with Crippen LogP contribution >= 0.6 is 0 Å². The number of nitrogens with one attached hydrogen (secondary N) is 2. The summed E-state index contributed by atoms with van der Waals surface area (Å²) in [5, 5.41) is 4.49. The van der Waals surface area contributed by atoms with Crippen LogP contribution in [-0.2, 0) is 14.3 Å². The molecular formula is C23H17F3N2O5. The molecule has 33 heavy (non-hydrogen) atoms. The fourth-order valence-electron chi connectivity index (χ4n) is 2.64. The Kier molecular flexibility index (Phi) is 7.64. The van der Waals surface area contributed by atoms with Gasteiger partial charge in [-0.25, -0.2) is 18.0 Å². The highest BCUT2D eigenvalue weighted by atomic mass is 19.1. The molecule has 0 fully saturated rings. The van der Waals surface area contributed by atoms with Crippen molar-refractivity contribution in [2.45, 2.75) is 0 Å². The van der Waals surface area contributed by atoms with Crippen LogP contribution in [-0.4, -0.2) is 31.0 Å². The summed E-state index contributed by atoms with van der Waals surface area (Å²) in [5.74, 6) is -4.86. The minimum Gasteiger partial charge on any atom is -0.483 e. The Bertz CT molecular complexity index is 1190. The summed E-state index contributed by atoms with van der Waals surface area (Å²) in [6, 6.07) is 14.0. The molecule has 0 spiro atoms. The lowest BCUT2D eigenvalue weighted by Crippen LogP contribution is -2.23. The summed E-state index contributed by atoms with van der Waals surface area (Å²) in [7, 11) is 0. The lowest BCUT2D eigenvalue weighted by atomic mass is 10.2. The number of esters is 1. The molecule has 2 N–H and O–H groups in total. The molecule has 0 bridgehead atoms. The molecule has 7 nitrogen and oxygen atoms in total. The largest absolute Gasteiger partial charge is 0.483 e. The van der Waals surface area contributed by atoms with Gasteiger partial charge in [0.05, 0.1) is 11.4 Å². The molecule has 2 amide bonds. The minimum absolute atomic E-state index is 0.00355. The van der Waals surface area contributed by atoms with E-state index in [1.54, 1.807) is 12.1 Å². The van der Waals surface area contributed by atoms with Gasteiger partial charge in [0.2, 0.25) is 0 Å². The van der Waals surface area contributed by atoms with Gasteiger partial charge in [-0.15, -0.1) is 0 Å². The number of anilines is 2. The lowest BCUT2D eigenvalue weighted by Gasteiger charge is -2.12. The smallest absolute Gasteiger partial charge is 0.342 e. The zero-order valence-corrected chi connectivity index (χ0v) is 16.9. The first-order valence-corrected chi connectivity index (χ1v) is 9.51. The minimum atomic E-state index is -0.984. The van der Waals surface area contributed by atoms with E-state index in [4.69, 9.17) is 9.47 Å². The highest BCUT2D eigenvalue weighted by Crippen LogP contribution is 2.20. The third kappa shape index (κ3) is 6.57. The monoisotopic (exact) mass is 458 g/mol. The summed E-state index contributed by atoms with van der Waals surface area (Å²) in [4.78, 5) is 36.3. The van der Waals surface area contributed by atoms with Gasteiger partial charge in [-0.05, 0) is 36.4 Å². The standard InChI is InChI=1S/C23H17F3N2O5/c24-14-9-10-19(17(26)11-14)28-22(30)13-33-23(31)15-5-1-4-8-20(15)32-12-21(29)27-18-7-3-2-6-16(18)25/h1-11H,12-13H2,(H,27,29)(H,28,30). The molecule has 0 aliphatic heterocycles. The van der Waals surface area contributed by atoms with Crippen LogP contribution in [0.3, 0.4) is 0 Å². The molecule has 10 heteroatoms. The Balaban J connectivity index is 1.55. The second-order valence-electron chi connectivity index (χ2n) is 6.56. The van der Waals surface area contributed by atoms with Gasteiger partial charge >= 0.3 is 5.97 Å². The number of ether oxygens (including phenoxy) is 2. The molecule has 3 aromatic carbocycles. The molecule has 0 unspecified atom stereocenters. The summed E-state index contributed by atoms with van der Waals surface area (Å²) in [5.41, 5.74) is -0.374. The third-order valence-corrected chi connectivity index (χ3v) is 4.15. The molecule has 0 radical (unpaired) electrons. The molecule has 3 aromatic rings. The second-order valence-corrected chi connectivity index (χ2v) is 6.56. The van der Waals surface area contributed by atoms with Crippen molar-refractivity contribution in [2.75, 3.05) is 23.8 Å². The first-order chi connectivity index (χ1) is 15.8. The van der Waals surface area contributed by atoms with Gasteiger partial charge in [0, 0.05) is 6.07 Å². The molecule has 0 saturated heterocycles. The van der Waals surface area contributed by atoms with E-state index >= 15 is 0 Å². The summed E-state index contributed by atoms with van der Waals surface area (Å²) in [6.45, 7) is -1.28. The normalized spacial score (nSPS) is 10.3. The number of amides is 2. The van der Waals surface area contributed by atoms with Gasteiger partial charge in [-0.1, -0.05) is 24.3 Å². The van der Waals surface area contributed by atoms with E-state index < -0.39 is 48.4 Å². The van der Waals surface area contributed by atoms with Gasteiger partial charge in [0.1, 0.15) is 28.8 Å². The maximum atomic E-state index is 13.6. The van der Waals surface area contributed by atoms with Gasteiger partial charge in [-0.3, -0.25) is 9.59 Å². The zero-order chi connectivity index (χ0) is 23.8. The van der Waals surface area contributed by atoms with E-state index in [0.29, 0.717) is 6.07 Å². The first-order valence-electron chi connectivity index (χ1n) is 9.51. The topological polar surface area (TPSA) is 93.7 Å². The quantitative estimate of drug-likeness (QED) is 0.499. The average molecular weight is 458 g/mol. The number of carbonyl (C=O) groups is 3. The van der Waals surface area contributed by atoms with Crippen LogP contribution in [0.1, 0.15) is 10.4 Å². The van der Waals surface area contributed by atoms with E-state index in [1.807, 2.05) is 0 Å². The van der Waals surface area contributed by atoms with Crippen LogP contribution in [0.2, 0.25) is 0 Å². The fourth-order valence-corrected chi connectivity index (χ4v) is 2.64. The lowest BCUT2D eigenvalue weighted by molar-refractivity contribution is -0.119. The van der Waals surface area contributed by atoms with Crippen molar-refractivity contribution in [3.8, 4) is 5.75 Å². The zero-order valence-electron chi connectivity index (χ0n) is 16.9. The molecule has 0 aliphatic rings. The van der Waals surface area contributed by atoms with E-state index in [0.717, 1.165) is 12.1 Å². The fraction of sp³-hybridized carbons (Fsp3) is 0.0870. The molecule has 0 aliphatic carbocycles.